The predicted octanol–water partition coefficient (Wildman–Crippen LogP) is 3.41. The summed E-state index contributed by atoms with van der Waals surface area (Å²) in [6.45, 7) is 6.32. The Morgan fingerprint density at radius 2 is 1.95 bits per heavy atom. The number of hydrogen-bond donors (Lipinski definition) is 1. The molecule has 1 atom stereocenters. The zero-order valence-electron chi connectivity index (χ0n) is 12.6. The number of carboxylic acid groups (broad SMARTS) is 1. The third-order valence-electron chi connectivity index (χ3n) is 4.59. The molecular weight excluding hydrogens is 256 g/mol. The topological polar surface area (TPSA) is 76.2 Å². The van der Waals surface area contributed by atoms with Crippen LogP contribution >= 0.6 is 0 Å². The van der Waals surface area contributed by atoms with Crippen LogP contribution in [0.25, 0.3) is 0 Å². The average molecular weight is 280 g/mol. The Balaban J connectivity index is 2.10. The molecule has 0 aromatic carbocycles. The molecule has 1 aliphatic carbocycles. The largest absolute Gasteiger partial charge is 0.481 e. The van der Waals surface area contributed by atoms with E-state index in [9.17, 15) is 4.79 Å². The molecule has 1 aromatic rings. The van der Waals surface area contributed by atoms with Gasteiger partial charge in [0.15, 0.2) is 0 Å². The maximum absolute atomic E-state index is 11.1. The van der Waals surface area contributed by atoms with Crippen LogP contribution in [0.5, 0.6) is 0 Å². The van der Waals surface area contributed by atoms with E-state index in [-0.39, 0.29) is 17.8 Å². The van der Waals surface area contributed by atoms with Gasteiger partial charge in [-0.3, -0.25) is 4.79 Å². The molecule has 112 valence electrons. The predicted molar refractivity (Wildman–Crippen MR) is 74.4 cm³/mol. The van der Waals surface area contributed by atoms with E-state index in [0.717, 1.165) is 25.7 Å². The summed E-state index contributed by atoms with van der Waals surface area (Å²) in [7, 11) is 0. The van der Waals surface area contributed by atoms with E-state index in [1.165, 1.54) is 0 Å². The summed E-state index contributed by atoms with van der Waals surface area (Å²) >= 11 is 0. The summed E-state index contributed by atoms with van der Waals surface area (Å²) in [5, 5.41) is 17.4. The van der Waals surface area contributed by atoms with Crippen molar-refractivity contribution in [2.45, 2.75) is 65.2 Å². The smallest absolute Gasteiger partial charge is 0.303 e. The van der Waals surface area contributed by atoms with E-state index in [1.54, 1.807) is 0 Å². The van der Waals surface area contributed by atoms with Crippen LogP contribution < -0.4 is 0 Å². The van der Waals surface area contributed by atoms with Crippen LogP contribution in [0.4, 0.5) is 0 Å². The van der Waals surface area contributed by atoms with Gasteiger partial charge < -0.3 is 9.52 Å². The molecule has 1 saturated carbocycles. The fraction of sp³-hybridized carbons (Fsp3) is 0.800. The van der Waals surface area contributed by atoms with Gasteiger partial charge in [-0.05, 0) is 24.2 Å². The fourth-order valence-corrected chi connectivity index (χ4v) is 2.99. The molecule has 1 fully saturated rings. The number of carbonyl (C=O) groups is 1. The third-order valence-corrected chi connectivity index (χ3v) is 4.59. The molecule has 20 heavy (non-hydrogen) atoms. The zero-order valence-corrected chi connectivity index (χ0v) is 12.6. The Morgan fingerprint density at radius 3 is 2.50 bits per heavy atom. The van der Waals surface area contributed by atoms with Gasteiger partial charge in [-0.1, -0.05) is 33.6 Å². The molecule has 1 aliphatic rings. The van der Waals surface area contributed by atoms with E-state index < -0.39 is 5.97 Å². The molecule has 1 unspecified atom stereocenters. The van der Waals surface area contributed by atoms with Gasteiger partial charge >= 0.3 is 5.97 Å². The Labute approximate surface area is 119 Å². The van der Waals surface area contributed by atoms with Crippen molar-refractivity contribution in [1.82, 2.24) is 10.2 Å². The molecule has 5 nitrogen and oxygen atoms in total. The lowest BCUT2D eigenvalue weighted by atomic mass is 9.79. The molecule has 2 rings (SSSR count). The first-order chi connectivity index (χ1) is 9.42. The van der Waals surface area contributed by atoms with Gasteiger partial charge in [0.2, 0.25) is 11.8 Å². The number of rotatable bonds is 6. The second kappa shape index (κ2) is 5.94. The standard InChI is InChI=1S/C15H24N2O3/c1-10(2)11(3)14-17-16-12(20-14)8-15(9-13(18)19)6-4-5-7-15/h10-11H,4-9H2,1-3H3,(H,18,19). The average Bonchev–Trinajstić information content (AvgIpc) is 2.97. The fourth-order valence-electron chi connectivity index (χ4n) is 2.99. The summed E-state index contributed by atoms with van der Waals surface area (Å²) in [4.78, 5) is 11.1. The van der Waals surface area contributed by atoms with Crippen LogP contribution in [0.15, 0.2) is 4.42 Å². The third kappa shape index (κ3) is 3.38. The summed E-state index contributed by atoms with van der Waals surface area (Å²) in [6.07, 6.45) is 4.86. The molecule has 1 aromatic heterocycles. The number of aromatic nitrogens is 2. The second-order valence-corrected chi connectivity index (χ2v) is 6.52. The van der Waals surface area contributed by atoms with Gasteiger partial charge in [-0.2, -0.15) is 0 Å². The molecular formula is C15H24N2O3. The minimum absolute atomic E-state index is 0.184. The molecule has 1 N–H and O–H groups in total. The molecule has 0 aliphatic heterocycles. The van der Waals surface area contributed by atoms with Gasteiger partial charge in [-0.25, -0.2) is 0 Å². The number of hydrogen-bond acceptors (Lipinski definition) is 4. The minimum Gasteiger partial charge on any atom is -0.481 e. The molecule has 0 saturated heterocycles. The van der Waals surface area contributed by atoms with Crippen LogP contribution in [0, 0.1) is 11.3 Å². The molecule has 0 amide bonds. The van der Waals surface area contributed by atoms with Crippen LogP contribution in [0.3, 0.4) is 0 Å². The van der Waals surface area contributed by atoms with Crippen molar-refractivity contribution >= 4 is 5.97 Å². The van der Waals surface area contributed by atoms with E-state index in [4.69, 9.17) is 9.52 Å². The molecule has 5 heteroatoms. The number of nitrogens with zero attached hydrogens (tertiary/aromatic N) is 2. The number of carboxylic acids is 1. The van der Waals surface area contributed by atoms with Gasteiger partial charge in [0.1, 0.15) is 0 Å². The van der Waals surface area contributed by atoms with E-state index in [1.807, 2.05) is 0 Å². The van der Waals surface area contributed by atoms with Gasteiger partial charge in [0.25, 0.3) is 0 Å². The Hall–Kier alpha value is -1.39. The lowest BCUT2D eigenvalue weighted by molar-refractivity contribution is -0.139. The maximum Gasteiger partial charge on any atom is 0.303 e. The van der Waals surface area contributed by atoms with E-state index in [2.05, 4.69) is 31.0 Å². The first kappa shape index (κ1) is 15.0. The van der Waals surface area contributed by atoms with Crippen LogP contribution in [-0.4, -0.2) is 21.3 Å². The molecule has 0 spiro atoms. The lowest BCUT2D eigenvalue weighted by Crippen LogP contribution is -2.24. The summed E-state index contributed by atoms with van der Waals surface area (Å²) < 4.78 is 5.76. The monoisotopic (exact) mass is 280 g/mol. The van der Waals surface area contributed by atoms with Gasteiger partial charge in [0.05, 0.1) is 6.42 Å². The number of aliphatic carboxylic acids is 1. The summed E-state index contributed by atoms with van der Waals surface area (Å²) in [6, 6.07) is 0. The van der Waals surface area contributed by atoms with Gasteiger partial charge in [-0.15, -0.1) is 10.2 Å². The van der Waals surface area contributed by atoms with E-state index in [0.29, 0.717) is 24.1 Å². The highest BCUT2D eigenvalue weighted by molar-refractivity contribution is 5.67. The summed E-state index contributed by atoms with van der Waals surface area (Å²) in [5.74, 6) is 1.20. The Bertz CT molecular complexity index is 461. The highest BCUT2D eigenvalue weighted by Gasteiger charge is 2.38. The minimum atomic E-state index is -0.734. The molecule has 0 bridgehead atoms. The van der Waals surface area contributed by atoms with Crippen molar-refractivity contribution in [2.75, 3.05) is 0 Å². The lowest BCUT2D eigenvalue weighted by Gasteiger charge is -2.25. The van der Waals surface area contributed by atoms with Crippen molar-refractivity contribution < 1.29 is 14.3 Å². The van der Waals surface area contributed by atoms with Gasteiger partial charge in [0, 0.05) is 12.3 Å². The van der Waals surface area contributed by atoms with Crippen LogP contribution in [0.2, 0.25) is 0 Å². The van der Waals surface area contributed by atoms with Crippen molar-refractivity contribution in [3.05, 3.63) is 11.8 Å². The van der Waals surface area contributed by atoms with Crippen LogP contribution in [0.1, 0.15) is 70.6 Å². The molecule has 0 radical (unpaired) electrons. The highest BCUT2D eigenvalue weighted by Crippen LogP contribution is 2.43. The normalized spacial score (nSPS) is 19.4. The van der Waals surface area contributed by atoms with Crippen molar-refractivity contribution in [3.8, 4) is 0 Å². The molecule has 1 heterocycles. The Morgan fingerprint density at radius 1 is 1.30 bits per heavy atom. The Kier molecular flexibility index (Phi) is 4.45. The van der Waals surface area contributed by atoms with Crippen molar-refractivity contribution in [3.63, 3.8) is 0 Å². The first-order valence-corrected chi connectivity index (χ1v) is 7.46. The maximum atomic E-state index is 11.1. The SMILES string of the molecule is CC(C)C(C)c1nnc(CC2(CC(=O)O)CCCC2)o1. The first-order valence-electron chi connectivity index (χ1n) is 7.46. The summed E-state index contributed by atoms with van der Waals surface area (Å²) in [5.41, 5.74) is -0.184. The van der Waals surface area contributed by atoms with Crippen molar-refractivity contribution in [1.29, 1.82) is 0 Å². The zero-order chi connectivity index (χ0) is 14.8. The van der Waals surface area contributed by atoms with E-state index >= 15 is 0 Å². The second-order valence-electron chi connectivity index (χ2n) is 6.52. The van der Waals surface area contributed by atoms with Crippen LogP contribution in [-0.2, 0) is 11.2 Å². The quantitative estimate of drug-likeness (QED) is 0.864. The highest BCUT2D eigenvalue weighted by atomic mass is 16.4. The van der Waals surface area contributed by atoms with Crippen molar-refractivity contribution in [2.24, 2.45) is 11.3 Å².